The van der Waals surface area contributed by atoms with Gasteiger partial charge < -0.3 is 19.9 Å². The fourth-order valence-electron chi connectivity index (χ4n) is 1.73. The van der Waals surface area contributed by atoms with Gasteiger partial charge in [0.2, 0.25) is 0 Å². The van der Waals surface area contributed by atoms with Gasteiger partial charge >= 0.3 is 0 Å². The number of aliphatic hydroxyl groups excluding tert-OH is 1. The van der Waals surface area contributed by atoms with Crippen LogP contribution >= 0.6 is 0 Å². The Morgan fingerprint density at radius 2 is 1.81 bits per heavy atom. The van der Waals surface area contributed by atoms with Crippen molar-refractivity contribution in [1.82, 2.24) is 5.32 Å². The minimum absolute atomic E-state index is 0.0266. The van der Waals surface area contributed by atoms with E-state index in [-0.39, 0.29) is 26.4 Å². The average Bonchev–Trinajstić information content (AvgIpc) is 2.40. The van der Waals surface area contributed by atoms with Crippen molar-refractivity contribution in [2.45, 2.75) is 20.4 Å². The Kier molecular flexibility index (Phi) is 8.19. The molecule has 4 nitrogen and oxygen atoms in total. The van der Waals surface area contributed by atoms with Crippen LogP contribution in [0.25, 0.3) is 0 Å². The Morgan fingerprint density at radius 3 is 2.38 bits per heavy atom. The number of benzene rings is 1. The molecule has 0 aliphatic carbocycles. The Balaban J connectivity index is 2.50. The van der Waals surface area contributed by atoms with Gasteiger partial charge in [0.1, 0.15) is 6.61 Å². The highest BCUT2D eigenvalue weighted by molar-refractivity contribution is 5.31. The molecule has 0 saturated heterocycles. The van der Waals surface area contributed by atoms with E-state index in [0.29, 0.717) is 18.0 Å². The molecule has 0 heterocycles. The molecule has 0 aliphatic rings. The summed E-state index contributed by atoms with van der Waals surface area (Å²) in [6.07, 6.45) is 0. The van der Waals surface area contributed by atoms with Crippen LogP contribution in [0.3, 0.4) is 0 Å². The van der Waals surface area contributed by atoms with Crippen LogP contribution < -0.4 is 10.1 Å². The van der Waals surface area contributed by atoms with Gasteiger partial charge in [0.15, 0.2) is 17.4 Å². The van der Waals surface area contributed by atoms with E-state index >= 15 is 0 Å². The highest BCUT2D eigenvalue weighted by Crippen LogP contribution is 2.23. The topological polar surface area (TPSA) is 50.7 Å². The molecule has 0 bridgehead atoms. The summed E-state index contributed by atoms with van der Waals surface area (Å²) in [5.74, 6) is -1.37. The van der Waals surface area contributed by atoms with Gasteiger partial charge in [-0.3, -0.25) is 0 Å². The van der Waals surface area contributed by atoms with Gasteiger partial charge in [-0.15, -0.1) is 0 Å². The average molecular weight is 303 g/mol. The van der Waals surface area contributed by atoms with Gasteiger partial charge in [-0.05, 0) is 30.2 Å². The van der Waals surface area contributed by atoms with Crippen LogP contribution in [-0.4, -0.2) is 38.1 Å². The molecule has 0 saturated carbocycles. The lowest BCUT2D eigenvalue weighted by atomic mass is 10.1. The number of ether oxygens (including phenoxy) is 2. The predicted molar refractivity (Wildman–Crippen MR) is 76.3 cm³/mol. The van der Waals surface area contributed by atoms with Crippen LogP contribution in [0.2, 0.25) is 0 Å². The Bertz CT molecular complexity index is 404. The molecule has 0 fully saturated rings. The summed E-state index contributed by atoms with van der Waals surface area (Å²) in [4.78, 5) is 0. The van der Waals surface area contributed by atoms with E-state index < -0.39 is 17.4 Å². The lowest BCUT2D eigenvalue weighted by molar-refractivity contribution is 0.0686. The molecule has 21 heavy (non-hydrogen) atoms. The third-order valence-electron chi connectivity index (χ3n) is 2.65. The molecule has 0 atom stereocenters. The van der Waals surface area contributed by atoms with Gasteiger partial charge in [0.05, 0.1) is 19.8 Å². The Labute approximate surface area is 124 Å². The molecule has 0 spiro atoms. The first kappa shape index (κ1) is 17.8. The maximum absolute atomic E-state index is 13.8. The first-order valence-corrected chi connectivity index (χ1v) is 7.04. The maximum Gasteiger partial charge on any atom is 0.190 e. The van der Waals surface area contributed by atoms with Crippen molar-refractivity contribution in [2.75, 3.05) is 33.0 Å². The molecule has 0 radical (unpaired) electrons. The second kappa shape index (κ2) is 9.65. The van der Waals surface area contributed by atoms with Crippen molar-refractivity contribution in [3.05, 3.63) is 29.3 Å². The Morgan fingerprint density at radius 1 is 1.14 bits per heavy atom. The molecule has 1 rings (SSSR count). The van der Waals surface area contributed by atoms with Crippen molar-refractivity contribution in [3.63, 3.8) is 0 Å². The standard InChI is InChI=1S/C15H23F2NO3/c1-11(2)9-18-10-12-7-13(16)15(14(17)8-12)21-6-5-20-4-3-19/h7-8,11,18-19H,3-6,9-10H2,1-2H3. The quantitative estimate of drug-likeness (QED) is 0.650. The summed E-state index contributed by atoms with van der Waals surface area (Å²) in [6, 6.07) is 2.53. The SMILES string of the molecule is CC(C)CNCc1cc(F)c(OCCOCCO)c(F)c1. The van der Waals surface area contributed by atoms with Crippen LogP contribution in [0.4, 0.5) is 8.78 Å². The van der Waals surface area contributed by atoms with Gasteiger partial charge in [0, 0.05) is 6.54 Å². The molecule has 0 aliphatic heterocycles. The molecule has 2 N–H and O–H groups in total. The van der Waals surface area contributed by atoms with Crippen molar-refractivity contribution < 1.29 is 23.4 Å². The summed E-state index contributed by atoms with van der Waals surface area (Å²) >= 11 is 0. The minimum Gasteiger partial charge on any atom is -0.485 e. The molecule has 1 aromatic rings. The molecule has 1 aromatic carbocycles. The summed E-state index contributed by atoms with van der Waals surface area (Å²) < 4.78 is 37.6. The zero-order chi connectivity index (χ0) is 15.7. The van der Waals surface area contributed by atoms with E-state index in [1.165, 1.54) is 12.1 Å². The molecule has 120 valence electrons. The summed E-state index contributed by atoms with van der Waals surface area (Å²) in [6.45, 7) is 5.58. The third kappa shape index (κ3) is 6.84. The van der Waals surface area contributed by atoms with Crippen LogP contribution in [0.5, 0.6) is 5.75 Å². The van der Waals surface area contributed by atoms with Gasteiger partial charge in [0.25, 0.3) is 0 Å². The molecule has 6 heteroatoms. The highest BCUT2D eigenvalue weighted by atomic mass is 19.1. The van der Waals surface area contributed by atoms with Crippen LogP contribution in [-0.2, 0) is 11.3 Å². The number of aliphatic hydroxyl groups is 1. The second-order valence-corrected chi connectivity index (χ2v) is 5.10. The first-order valence-electron chi connectivity index (χ1n) is 7.04. The third-order valence-corrected chi connectivity index (χ3v) is 2.65. The summed E-state index contributed by atoms with van der Waals surface area (Å²) in [5.41, 5.74) is 0.537. The van der Waals surface area contributed by atoms with E-state index in [0.717, 1.165) is 6.54 Å². The zero-order valence-electron chi connectivity index (χ0n) is 12.5. The normalized spacial score (nSPS) is 11.1. The van der Waals surface area contributed by atoms with E-state index in [9.17, 15) is 8.78 Å². The molecule has 0 aromatic heterocycles. The molecule has 0 amide bonds. The summed E-state index contributed by atoms with van der Waals surface area (Å²) in [5, 5.41) is 11.6. The predicted octanol–water partition coefficient (Wildman–Crippen LogP) is 2.10. The van der Waals surface area contributed by atoms with Gasteiger partial charge in [-0.1, -0.05) is 13.8 Å². The summed E-state index contributed by atoms with van der Waals surface area (Å²) in [7, 11) is 0. The van der Waals surface area contributed by atoms with Crippen LogP contribution in [0, 0.1) is 17.6 Å². The fraction of sp³-hybridized carbons (Fsp3) is 0.600. The van der Waals surface area contributed by atoms with Crippen molar-refractivity contribution in [1.29, 1.82) is 0 Å². The van der Waals surface area contributed by atoms with Crippen LogP contribution in [0.15, 0.2) is 12.1 Å². The number of halogens is 2. The lowest BCUT2D eigenvalue weighted by Gasteiger charge is -2.11. The van der Waals surface area contributed by atoms with E-state index in [2.05, 4.69) is 19.2 Å². The number of hydrogen-bond donors (Lipinski definition) is 2. The largest absolute Gasteiger partial charge is 0.485 e. The Hall–Kier alpha value is -1.24. The molecular weight excluding hydrogens is 280 g/mol. The van der Waals surface area contributed by atoms with E-state index in [1.54, 1.807) is 0 Å². The highest BCUT2D eigenvalue weighted by Gasteiger charge is 2.12. The number of rotatable bonds is 10. The van der Waals surface area contributed by atoms with Crippen molar-refractivity contribution >= 4 is 0 Å². The van der Waals surface area contributed by atoms with Crippen LogP contribution in [0.1, 0.15) is 19.4 Å². The lowest BCUT2D eigenvalue weighted by Crippen LogP contribution is -2.19. The van der Waals surface area contributed by atoms with Crippen molar-refractivity contribution in [3.8, 4) is 5.75 Å². The monoisotopic (exact) mass is 303 g/mol. The smallest absolute Gasteiger partial charge is 0.190 e. The second-order valence-electron chi connectivity index (χ2n) is 5.10. The minimum atomic E-state index is -0.724. The van der Waals surface area contributed by atoms with Gasteiger partial charge in [-0.25, -0.2) is 8.78 Å². The number of hydrogen-bond acceptors (Lipinski definition) is 4. The maximum atomic E-state index is 13.8. The molecule has 0 unspecified atom stereocenters. The van der Waals surface area contributed by atoms with Crippen molar-refractivity contribution in [2.24, 2.45) is 5.92 Å². The van der Waals surface area contributed by atoms with E-state index in [1.807, 2.05) is 0 Å². The van der Waals surface area contributed by atoms with E-state index in [4.69, 9.17) is 14.6 Å². The fourth-order valence-corrected chi connectivity index (χ4v) is 1.73. The number of nitrogens with one attached hydrogen (secondary N) is 1. The first-order chi connectivity index (χ1) is 10.0. The van der Waals surface area contributed by atoms with Gasteiger partial charge in [-0.2, -0.15) is 0 Å². The zero-order valence-corrected chi connectivity index (χ0v) is 12.5. The molecular formula is C15H23F2NO3.